The Morgan fingerprint density at radius 2 is 2.23 bits per heavy atom. The number of aromatic nitrogens is 2. The van der Waals surface area contributed by atoms with Gasteiger partial charge in [0.25, 0.3) is 5.56 Å². The van der Waals surface area contributed by atoms with Gasteiger partial charge in [0.1, 0.15) is 5.82 Å². The Labute approximate surface area is 76.7 Å². The lowest BCUT2D eigenvalue weighted by molar-refractivity contribution is 0.636. The predicted octanol–water partition coefficient (Wildman–Crippen LogP) is 1.28. The molecule has 0 amide bonds. The van der Waals surface area contributed by atoms with Gasteiger partial charge in [0.15, 0.2) is 0 Å². The first-order valence-electron chi connectivity index (χ1n) is 4.45. The standard InChI is InChI=1S/C10H12N2O/c1-7-8(2)11-9-5-3-4-6-12(9)10(7)13/h3,5H,4,6H2,1-2H3. The van der Waals surface area contributed by atoms with Crippen LogP contribution in [0, 0.1) is 13.8 Å². The molecule has 0 saturated carbocycles. The average molecular weight is 176 g/mol. The molecule has 0 saturated heterocycles. The smallest absolute Gasteiger partial charge is 0.256 e. The summed E-state index contributed by atoms with van der Waals surface area (Å²) in [6, 6.07) is 0. The van der Waals surface area contributed by atoms with Crippen LogP contribution in [-0.2, 0) is 6.54 Å². The van der Waals surface area contributed by atoms with E-state index in [-0.39, 0.29) is 5.56 Å². The lowest BCUT2D eigenvalue weighted by Gasteiger charge is -2.14. The normalized spacial score (nSPS) is 14.3. The molecular formula is C10H12N2O. The third-order valence-electron chi connectivity index (χ3n) is 2.45. The molecule has 0 radical (unpaired) electrons. The molecule has 3 heteroatoms. The minimum absolute atomic E-state index is 0.104. The molecule has 2 heterocycles. The molecule has 0 aromatic carbocycles. The van der Waals surface area contributed by atoms with Crippen molar-refractivity contribution < 1.29 is 0 Å². The Morgan fingerprint density at radius 3 is 3.00 bits per heavy atom. The molecule has 0 fully saturated rings. The zero-order chi connectivity index (χ0) is 9.42. The molecule has 1 aliphatic heterocycles. The molecule has 0 bridgehead atoms. The number of hydrogen-bond donors (Lipinski definition) is 0. The van der Waals surface area contributed by atoms with Gasteiger partial charge >= 0.3 is 0 Å². The Bertz CT molecular complexity index is 429. The summed E-state index contributed by atoms with van der Waals surface area (Å²) in [5, 5.41) is 0. The van der Waals surface area contributed by atoms with E-state index in [1.54, 1.807) is 4.57 Å². The third-order valence-corrected chi connectivity index (χ3v) is 2.45. The van der Waals surface area contributed by atoms with Gasteiger partial charge in [0, 0.05) is 17.8 Å². The van der Waals surface area contributed by atoms with Crippen LogP contribution in [0.2, 0.25) is 0 Å². The van der Waals surface area contributed by atoms with E-state index in [0.29, 0.717) is 0 Å². The average Bonchev–Trinajstić information content (AvgIpc) is 2.15. The largest absolute Gasteiger partial charge is 0.293 e. The third kappa shape index (κ3) is 1.20. The van der Waals surface area contributed by atoms with Crippen molar-refractivity contribution >= 4 is 6.08 Å². The van der Waals surface area contributed by atoms with Gasteiger partial charge in [-0.25, -0.2) is 4.98 Å². The first kappa shape index (κ1) is 8.23. The highest BCUT2D eigenvalue weighted by Gasteiger charge is 2.10. The minimum atomic E-state index is 0.104. The number of nitrogens with zero attached hydrogens (tertiary/aromatic N) is 2. The van der Waals surface area contributed by atoms with Crippen LogP contribution in [0.3, 0.4) is 0 Å². The summed E-state index contributed by atoms with van der Waals surface area (Å²) >= 11 is 0. The van der Waals surface area contributed by atoms with E-state index < -0.39 is 0 Å². The van der Waals surface area contributed by atoms with Gasteiger partial charge in [-0.15, -0.1) is 0 Å². The van der Waals surface area contributed by atoms with Crippen molar-refractivity contribution in [3.63, 3.8) is 0 Å². The van der Waals surface area contributed by atoms with E-state index in [4.69, 9.17) is 0 Å². The maximum Gasteiger partial charge on any atom is 0.256 e. The summed E-state index contributed by atoms with van der Waals surface area (Å²) in [7, 11) is 0. The first-order valence-corrected chi connectivity index (χ1v) is 4.45. The van der Waals surface area contributed by atoms with Crippen molar-refractivity contribution in [1.29, 1.82) is 0 Å². The van der Waals surface area contributed by atoms with Gasteiger partial charge in [-0.1, -0.05) is 6.08 Å². The van der Waals surface area contributed by atoms with Gasteiger partial charge in [-0.2, -0.15) is 0 Å². The minimum Gasteiger partial charge on any atom is -0.293 e. The molecule has 1 aromatic rings. The summed E-state index contributed by atoms with van der Waals surface area (Å²) < 4.78 is 1.74. The molecule has 3 nitrogen and oxygen atoms in total. The van der Waals surface area contributed by atoms with Gasteiger partial charge in [0.05, 0.1) is 0 Å². The second-order valence-corrected chi connectivity index (χ2v) is 3.33. The summed E-state index contributed by atoms with van der Waals surface area (Å²) in [4.78, 5) is 16.1. The monoisotopic (exact) mass is 176 g/mol. The van der Waals surface area contributed by atoms with Crippen LogP contribution in [0.15, 0.2) is 10.9 Å². The molecule has 0 spiro atoms. The van der Waals surface area contributed by atoms with Gasteiger partial charge in [-0.05, 0) is 26.3 Å². The molecule has 0 aliphatic carbocycles. The van der Waals surface area contributed by atoms with E-state index >= 15 is 0 Å². The highest BCUT2D eigenvalue weighted by molar-refractivity contribution is 5.43. The summed E-state index contributed by atoms with van der Waals surface area (Å²) in [6.07, 6.45) is 4.89. The van der Waals surface area contributed by atoms with Gasteiger partial charge in [0.2, 0.25) is 0 Å². The topological polar surface area (TPSA) is 34.9 Å². The van der Waals surface area contributed by atoms with Crippen molar-refractivity contribution in [2.75, 3.05) is 0 Å². The molecular weight excluding hydrogens is 164 g/mol. The maximum absolute atomic E-state index is 11.7. The van der Waals surface area contributed by atoms with Crippen LogP contribution in [-0.4, -0.2) is 9.55 Å². The van der Waals surface area contributed by atoms with Crippen molar-refractivity contribution in [3.8, 4) is 0 Å². The van der Waals surface area contributed by atoms with Gasteiger partial charge < -0.3 is 0 Å². The summed E-state index contributed by atoms with van der Waals surface area (Å²) in [5.74, 6) is 0.791. The Hall–Kier alpha value is -1.38. The maximum atomic E-state index is 11.7. The molecule has 2 rings (SSSR count). The van der Waals surface area contributed by atoms with Gasteiger partial charge in [-0.3, -0.25) is 9.36 Å². The second kappa shape index (κ2) is 2.83. The summed E-state index contributed by atoms with van der Waals surface area (Å²) in [5.41, 5.74) is 1.70. The molecule has 1 aliphatic rings. The quantitative estimate of drug-likeness (QED) is 0.596. The number of allylic oxidation sites excluding steroid dienone is 1. The van der Waals surface area contributed by atoms with E-state index in [1.807, 2.05) is 19.9 Å². The fraction of sp³-hybridized carbons (Fsp3) is 0.400. The number of hydrogen-bond acceptors (Lipinski definition) is 2. The molecule has 0 atom stereocenters. The fourth-order valence-electron chi connectivity index (χ4n) is 1.51. The van der Waals surface area contributed by atoms with Crippen LogP contribution in [0.25, 0.3) is 6.08 Å². The highest BCUT2D eigenvalue weighted by Crippen LogP contribution is 2.08. The number of aryl methyl sites for hydroxylation is 1. The second-order valence-electron chi connectivity index (χ2n) is 3.33. The number of fused-ring (bicyclic) bond motifs is 1. The molecule has 1 aromatic heterocycles. The van der Waals surface area contributed by atoms with E-state index in [1.165, 1.54) is 0 Å². The molecule has 0 unspecified atom stereocenters. The van der Waals surface area contributed by atoms with E-state index in [0.717, 1.165) is 30.0 Å². The molecule has 0 N–H and O–H groups in total. The zero-order valence-electron chi connectivity index (χ0n) is 7.87. The summed E-state index contributed by atoms with van der Waals surface area (Å²) in [6.45, 7) is 4.47. The van der Waals surface area contributed by atoms with E-state index in [2.05, 4.69) is 11.1 Å². The molecule has 68 valence electrons. The zero-order valence-corrected chi connectivity index (χ0v) is 7.87. The van der Waals surface area contributed by atoms with Crippen LogP contribution in [0.4, 0.5) is 0 Å². The Kier molecular flexibility index (Phi) is 1.79. The van der Waals surface area contributed by atoms with Crippen molar-refractivity contribution in [3.05, 3.63) is 33.5 Å². The van der Waals surface area contributed by atoms with Crippen LogP contribution in [0.5, 0.6) is 0 Å². The van der Waals surface area contributed by atoms with Crippen molar-refractivity contribution in [2.45, 2.75) is 26.8 Å². The highest BCUT2D eigenvalue weighted by atomic mass is 16.1. The van der Waals surface area contributed by atoms with Crippen molar-refractivity contribution in [2.24, 2.45) is 0 Å². The lowest BCUT2D eigenvalue weighted by Crippen LogP contribution is -2.28. The van der Waals surface area contributed by atoms with Crippen LogP contribution >= 0.6 is 0 Å². The SMILES string of the molecule is Cc1nc2n(c(=O)c1C)CCC=C2. The fourth-order valence-corrected chi connectivity index (χ4v) is 1.51. The number of rotatable bonds is 0. The first-order chi connectivity index (χ1) is 6.20. The van der Waals surface area contributed by atoms with Crippen LogP contribution < -0.4 is 5.56 Å². The van der Waals surface area contributed by atoms with Crippen molar-refractivity contribution in [1.82, 2.24) is 9.55 Å². The molecule has 13 heavy (non-hydrogen) atoms. The lowest BCUT2D eigenvalue weighted by atomic mass is 10.2. The Morgan fingerprint density at radius 1 is 1.46 bits per heavy atom. The van der Waals surface area contributed by atoms with Crippen LogP contribution in [0.1, 0.15) is 23.5 Å². The predicted molar refractivity (Wildman–Crippen MR) is 51.6 cm³/mol. The Balaban J connectivity index is 2.77. The van der Waals surface area contributed by atoms with E-state index in [9.17, 15) is 4.79 Å².